The van der Waals surface area contributed by atoms with Crippen molar-refractivity contribution in [2.45, 2.75) is 30.4 Å². The summed E-state index contributed by atoms with van der Waals surface area (Å²) in [5.74, 6) is 0.584. The quantitative estimate of drug-likeness (QED) is 0.915. The van der Waals surface area contributed by atoms with E-state index in [-0.39, 0.29) is 17.4 Å². The van der Waals surface area contributed by atoms with Crippen LogP contribution in [0.5, 0.6) is 5.75 Å². The lowest BCUT2D eigenvalue weighted by Gasteiger charge is -2.27. The summed E-state index contributed by atoms with van der Waals surface area (Å²) in [6.07, 6.45) is 0.681. The van der Waals surface area contributed by atoms with Crippen LogP contribution in [0.2, 0.25) is 0 Å². The highest BCUT2D eigenvalue weighted by Crippen LogP contribution is 2.55. The van der Waals surface area contributed by atoms with E-state index in [1.54, 1.807) is 12.1 Å². The van der Waals surface area contributed by atoms with E-state index in [0.29, 0.717) is 12.2 Å². The number of carbonyl (C=O) groups is 1. The number of nitrogens with one attached hydrogen (secondary N) is 1. The summed E-state index contributed by atoms with van der Waals surface area (Å²) in [6, 6.07) is 17.1. The van der Waals surface area contributed by atoms with E-state index in [0.717, 1.165) is 18.6 Å². The van der Waals surface area contributed by atoms with Gasteiger partial charge in [0, 0.05) is 17.0 Å². The number of aliphatic hydroxyl groups is 1. The molecule has 118 valence electrons. The van der Waals surface area contributed by atoms with Crippen LogP contribution in [-0.2, 0) is 10.2 Å². The van der Waals surface area contributed by atoms with E-state index in [2.05, 4.69) is 11.4 Å². The lowest BCUT2D eigenvalue weighted by atomic mass is 9.89. The van der Waals surface area contributed by atoms with Crippen molar-refractivity contribution in [3.05, 3.63) is 65.7 Å². The molecule has 1 spiro atoms. The normalized spacial score (nSPS) is 26.0. The highest BCUT2D eigenvalue weighted by Gasteiger charge is 2.58. The van der Waals surface area contributed by atoms with Gasteiger partial charge < -0.3 is 15.2 Å². The van der Waals surface area contributed by atoms with Gasteiger partial charge in [-0.25, -0.2) is 0 Å². The minimum Gasteiger partial charge on any atom is -0.493 e. The maximum absolute atomic E-state index is 12.3. The molecule has 1 fully saturated rings. The van der Waals surface area contributed by atoms with Crippen LogP contribution in [0.4, 0.5) is 0 Å². The van der Waals surface area contributed by atoms with Crippen LogP contribution in [0.15, 0.2) is 54.6 Å². The molecule has 1 amide bonds. The van der Waals surface area contributed by atoms with Gasteiger partial charge in [0.2, 0.25) is 0 Å². The lowest BCUT2D eigenvalue weighted by Crippen LogP contribution is -2.36. The van der Waals surface area contributed by atoms with Crippen LogP contribution in [0.1, 0.15) is 30.1 Å². The minimum absolute atomic E-state index is 0.0269. The zero-order chi connectivity index (χ0) is 15.9. The van der Waals surface area contributed by atoms with E-state index in [1.165, 1.54) is 5.56 Å². The van der Waals surface area contributed by atoms with Crippen molar-refractivity contribution in [3.63, 3.8) is 0 Å². The Morgan fingerprint density at radius 2 is 1.91 bits per heavy atom. The molecule has 0 bridgehead atoms. The Labute approximate surface area is 135 Å². The SMILES string of the molecule is O=C(NC1CC12CCOc1ccccc12)[C@@H](O)c1ccccc1. The molecule has 2 aliphatic rings. The molecule has 0 radical (unpaired) electrons. The highest BCUT2D eigenvalue weighted by molar-refractivity contribution is 5.83. The maximum atomic E-state index is 12.3. The maximum Gasteiger partial charge on any atom is 0.253 e. The molecule has 1 aliphatic heterocycles. The zero-order valence-electron chi connectivity index (χ0n) is 12.7. The average Bonchev–Trinajstić information content (AvgIpc) is 3.28. The van der Waals surface area contributed by atoms with Crippen LogP contribution >= 0.6 is 0 Å². The first-order chi connectivity index (χ1) is 11.2. The monoisotopic (exact) mass is 309 g/mol. The Hall–Kier alpha value is -2.33. The molecule has 2 unspecified atom stereocenters. The predicted molar refractivity (Wildman–Crippen MR) is 86.2 cm³/mol. The summed E-state index contributed by atoms with van der Waals surface area (Å²) in [6.45, 7) is 0.671. The highest BCUT2D eigenvalue weighted by atomic mass is 16.5. The van der Waals surface area contributed by atoms with Crippen LogP contribution in [0.3, 0.4) is 0 Å². The van der Waals surface area contributed by atoms with Crippen molar-refractivity contribution in [1.82, 2.24) is 5.32 Å². The summed E-state index contributed by atoms with van der Waals surface area (Å²) < 4.78 is 5.71. The summed E-state index contributed by atoms with van der Waals surface area (Å²) >= 11 is 0. The second-order valence-corrected chi connectivity index (χ2v) is 6.33. The summed E-state index contributed by atoms with van der Waals surface area (Å²) in [4.78, 5) is 12.3. The third-order valence-corrected chi connectivity index (χ3v) is 4.98. The lowest BCUT2D eigenvalue weighted by molar-refractivity contribution is -0.129. The van der Waals surface area contributed by atoms with Gasteiger partial charge in [-0.1, -0.05) is 48.5 Å². The van der Waals surface area contributed by atoms with E-state index in [9.17, 15) is 9.90 Å². The van der Waals surface area contributed by atoms with Gasteiger partial charge in [0.05, 0.1) is 6.61 Å². The van der Waals surface area contributed by atoms with Gasteiger partial charge >= 0.3 is 0 Å². The standard InChI is InChI=1S/C19H19NO3/c21-17(13-6-2-1-3-7-13)18(22)20-16-12-19(16)10-11-23-15-9-5-4-8-14(15)19/h1-9,16-17,21H,10-12H2,(H,20,22)/t16?,17-,19?/m0/s1. The largest absolute Gasteiger partial charge is 0.493 e. The average molecular weight is 309 g/mol. The Balaban J connectivity index is 1.49. The predicted octanol–water partition coefficient (Wildman–Crippen LogP) is 2.33. The Morgan fingerprint density at radius 1 is 1.17 bits per heavy atom. The van der Waals surface area contributed by atoms with Gasteiger partial charge in [-0.15, -0.1) is 0 Å². The van der Waals surface area contributed by atoms with Gasteiger partial charge in [0.25, 0.3) is 5.91 Å². The molecule has 4 heteroatoms. The molecule has 4 rings (SSSR count). The number of carbonyl (C=O) groups excluding carboxylic acids is 1. The number of amides is 1. The molecule has 4 nitrogen and oxygen atoms in total. The molecule has 0 aromatic heterocycles. The fourth-order valence-corrected chi connectivity index (χ4v) is 3.59. The van der Waals surface area contributed by atoms with Gasteiger partial charge in [-0.2, -0.15) is 0 Å². The number of hydrogen-bond acceptors (Lipinski definition) is 3. The van der Waals surface area contributed by atoms with Crippen molar-refractivity contribution in [2.24, 2.45) is 0 Å². The second-order valence-electron chi connectivity index (χ2n) is 6.33. The second kappa shape index (κ2) is 5.39. The number of rotatable bonds is 3. The molecule has 3 atom stereocenters. The van der Waals surface area contributed by atoms with Crippen LogP contribution in [0, 0.1) is 0 Å². The Bertz CT molecular complexity index is 730. The third-order valence-electron chi connectivity index (χ3n) is 4.98. The first-order valence-corrected chi connectivity index (χ1v) is 7.96. The molecule has 1 saturated carbocycles. The van der Waals surface area contributed by atoms with E-state index in [4.69, 9.17) is 4.74 Å². The molecular weight excluding hydrogens is 290 g/mol. The van der Waals surface area contributed by atoms with Crippen molar-refractivity contribution < 1.29 is 14.6 Å². The molecule has 2 N–H and O–H groups in total. The van der Waals surface area contributed by atoms with Crippen molar-refractivity contribution in [2.75, 3.05) is 6.61 Å². The third kappa shape index (κ3) is 2.39. The van der Waals surface area contributed by atoms with Crippen LogP contribution in [-0.4, -0.2) is 23.7 Å². The van der Waals surface area contributed by atoms with E-state index < -0.39 is 6.10 Å². The number of hydrogen-bond donors (Lipinski definition) is 2. The summed E-state index contributed by atoms with van der Waals surface area (Å²) in [5, 5.41) is 13.2. The topological polar surface area (TPSA) is 58.6 Å². The van der Waals surface area contributed by atoms with Crippen LogP contribution in [0.25, 0.3) is 0 Å². The van der Waals surface area contributed by atoms with Gasteiger partial charge in [-0.05, 0) is 24.5 Å². The molecule has 1 heterocycles. The number of benzene rings is 2. The van der Waals surface area contributed by atoms with Gasteiger partial charge in [0.1, 0.15) is 5.75 Å². The molecule has 0 saturated heterocycles. The fourth-order valence-electron chi connectivity index (χ4n) is 3.59. The molecule has 23 heavy (non-hydrogen) atoms. The van der Waals surface area contributed by atoms with E-state index >= 15 is 0 Å². The number of ether oxygens (including phenoxy) is 1. The fraction of sp³-hybridized carbons (Fsp3) is 0.316. The molecule has 2 aromatic rings. The van der Waals surface area contributed by atoms with Crippen molar-refractivity contribution in [1.29, 1.82) is 0 Å². The molecule has 2 aromatic carbocycles. The number of para-hydroxylation sites is 1. The van der Waals surface area contributed by atoms with Crippen molar-refractivity contribution in [3.8, 4) is 5.75 Å². The molecule has 1 aliphatic carbocycles. The smallest absolute Gasteiger partial charge is 0.253 e. The zero-order valence-corrected chi connectivity index (χ0v) is 12.7. The van der Waals surface area contributed by atoms with Gasteiger partial charge in [-0.3, -0.25) is 4.79 Å². The Kier molecular flexibility index (Phi) is 3.34. The van der Waals surface area contributed by atoms with Crippen LogP contribution < -0.4 is 10.1 Å². The number of fused-ring (bicyclic) bond motifs is 2. The van der Waals surface area contributed by atoms with E-state index in [1.807, 2.05) is 36.4 Å². The minimum atomic E-state index is -1.12. The van der Waals surface area contributed by atoms with Gasteiger partial charge in [0.15, 0.2) is 6.10 Å². The number of aliphatic hydroxyl groups excluding tert-OH is 1. The molecular formula is C19H19NO3. The summed E-state index contributed by atoms with van der Waals surface area (Å²) in [7, 11) is 0. The Morgan fingerprint density at radius 3 is 2.74 bits per heavy atom. The first-order valence-electron chi connectivity index (χ1n) is 7.96. The first kappa shape index (κ1) is 14.3. The summed E-state index contributed by atoms with van der Waals surface area (Å²) in [5.41, 5.74) is 1.76. The van der Waals surface area contributed by atoms with Crippen molar-refractivity contribution >= 4 is 5.91 Å².